The van der Waals surface area contributed by atoms with Crippen LogP contribution in [0.3, 0.4) is 0 Å². The van der Waals surface area contributed by atoms with E-state index in [0.29, 0.717) is 12.1 Å². The van der Waals surface area contributed by atoms with Crippen LogP contribution in [0.15, 0.2) is 126 Å². The van der Waals surface area contributed by atoms with Crippen molar-refractivity contribution in [1.82, 2.24) is 10.0 Å². The van der Waals surface area contributed by atoms with Crippen LogP contribution in [0.1, 0.15) is 29.7 Å². The highest BCUT2D eigenvalue weighted by molar-refractivity contribution is 7.89. The second kappa shape index (κ2) is 12.6. The lowest BCUT2D eigenvalue weighted by Crippen LogP contribution is -2.62. The van der Waals surface area contributed by atoms with E-state index in [0.717, 1.165) is 11.1 Å². The minimum atomic E-state index is -4.01. The van der Waals surface area contributed by atoms with Gasteiger partial charge in [-0.15, -0.1) is 0 Å². The summed E-state index contributed by atoms with van der Waals surface area (Å²) < 4.78 is 35.9. The minimum absolute atomic E-state index is 0.112. The highest BCUT2D eigenvalue weighted by Crippen LogP contribution is 2.33. The molecule has 4 aromatic rings. The highest BCUT2D eigenvalue weighted by Gasteiger charge is 2.49. The third-order valence-corrected chi connectivity index (χ3v) is 7.81. The van der Waals surface area contributed by atoms with Gasteiger partial charge >= 0.3 is 5.97 Å². The molecule has 4 aromatic carbocycles. The van der Waals surface area contributed by atoms with Crippen LogP contribution in [0.5, 0.6) is 0 Å². The lowest BCUT2D eigenvalue weighted by Gasteiger charge is -2.40. The van der Waals surface area contributed by atoms with Gasteiger partial charge in [0, 0.05) is 13.0 Å². The number of benzene rings is 4. The second-order valence-electron chi connectivity index (χ2n) is 8.97. The molecule has 0 aliphatic rings. The number of carbonyl (C=O) groups is 1. The lowest BCUT2D eigenvalue weighted by atomic mass is 9.80. The van der Waals surface area contributed by atoms with E-state index in [1.165, 1.54) is 12.1 Å². The summed E-state index contributed by atoms with van der Waals surface area (Å²) in [6.07, 6.45) is 0.191. The molecule has 6 nitrogen and oxygen atoms in total. The van der Waals surface area contributed by atoms with Gasteiger partial charge in [-0.3, -0.25) is 5.32 Å². The van der Waals surface area contributed by atoms with Gasteiger partial charge in [0.15, 0.2) is 0 Å². The van der Waals surface area contributed by atoms with Crippen LogP contribution in [-0.2, 0) is 32.5 Å². The number of carbonyl (C=O) groups excluding carboxylic acids is 1. The maximum absolute atomic E-state index is 14.0. The van der Waals surface area contributed by atoms with Crippen LogP contribution in [0.4, 0.5) is 0 Å². The Balaban J connectivity index is 1.89. The van der Waals surface area contributed by atoms with Gasteiger partial charge in [-0.25, -0.2) is 17.9 Å². The summed E-state index contributed by atoms with van der Waals surface area (Å²) in [7, 11) is -4.01. The Morgan fingerprint density at radius 1 is 0.763 bits per heavy atom. The molecule has 38 heavy (non-hydrogen) atoms. The van der Waals surface area contributed by atoms with Crippen molar-refractivity contribution in [2.75, 3.05) is 6.61 Å². The van der Waals surface area contributed by atoms with E-state index in [2.05, 4.69) is 10.0 Å². The van der Waals surface area contributed by atoms with E-state index >= 15 is 0 Å². The number of nitrogens with one attached hydrogen (secondary N) is 2. The van der Waals surface area contributed by atoms with Crippen molar-refractivity contribution < 1.29 is 17.9 Å². The van der Waals surface area contributed by atoms with E-state index in [4.69, 9.17) is 4.74 Å². The first-order valence-electron chi connectivity index (χ1n) is 12.6. The fourth-order valence-corrected chi connectivity index (χ4v) is 5.78. The van der Waals surface area contributed by atoms with Crippen molar-refractivity contribution in [2.24, 2.45) is 0 Å². The molecule has 2 atom stereocenters. The van der Waals surface area contributed by atoms with Crippen molar-refractivity contribution in [2.45, 2.75) is 36.4 Å². The Kier molecular flexibility index (Phi) is 9.07. The van der Waals surface area contributed by atoms with Gasteiger partial charge in [0.1, 0.15) is 5.54 Å². The van der Waals surface area contributed by atoms with E-state index in [1.807, 2.05) is 91.0 Å². The molecule has 0 saturated carbocycles. The summed E-state index contributed by atoms with van der Waals surface area (Å²) >= 11 is 0. The molecule has 2 unspecified atom stereocenters. The fourth-order valence-electron chi connectivity index (χ4n) is 4.48. The molecule has 0 fully saturated rings. The maximum atomic E-state index is 14.0. The molecule has 0 bridgehead atoms. The SMILES string of the molecule is CCOC(=O)C(Cc1ccccc1)(NCc1ccccc1)C(NS(=O)(=O)c1ccccc1)c1ccccc1. The lowest BCUT2D eigenvalue weighted by molar-refractivity contribution is -0.152. The van der Waals surface area contributed by atoms with Gasteiger partial charge in [0.2, 0.25) is 10.0 Å². The first kappa shape index (κ1) is 27.3. The molecular weight excluding hydrogens is 496 g/mol. The molecule has 0 radical (unpaired) electrons. The maximum Gasteiger partial charge on any atom is 0.328 e. The normalized spacial score (nSPS) is 13.8. The van der Waals surface area contributed by atoms with Gasteiger partial charge in [-0.2, -0.15) is 0 Å². The Hall–Kier alpha value is -3.78. The van der Waals surface area contributed by atoms with E-state index < -0.39 is 27.6 Å². The van der Waals surface area contributed by atoms with Crippen LogP contribution < -0.4 is 10.0 Å². The molecule has 4 rings (SSSR count). The number of ether oxygens (including phenoxy) is 1. The number of sulfonamides is 1. The molecule has 0 heterocycles. The van der Waals surface area contributed by atoms with Gasteiger partial charge in [0.05, 0.1) is 17.5 Å². The monoisotopic (exact) mass is 528 g/mol. The van der Waals surface area contributed by atoms with Gasteiger partial charge in [-0.1, -0.05) is 109 Å². The van der Waals surface area contributed by atoms with Gasteiger partial charge in [0.25, 0.3) is 0 Å². The molecule has 0 saturated heterocycles. The number of esters is 1. The molecule has 196 valence electrons. The smallest absolute Gasteiger partial charge is 0.328 e. The van der Waals surface area contributed by atoms with E-state index in [-0.39, 0.29) is 17.9 Å². The Morgan fingerprint density at radius 3 is 1.82 bits per heavy atom. The predicted octanol–water partition coefficient (Wildman–Crippen LogP) is 5.04. The molecular formula is C31H32N2O4S. The summed E-state index contributed by atoms with van der Waals surface area (Å²) in [6, 6.07) is 35.5. The van der Waals surface area contributed by atoms with Crippen molar-refractivity contribution in [3.63, 3.8) is 0 Å². The first-order chi connectivity index (χ1) is 18.4. The Morgan fingerprint density at radius 2 is 1.26 bits per heavy atom. The highest BCUT2D eigenvalue weighted by atomic mass is 32.2. The van der Waals surface area contributed by atoms with Crippen LogP contribution in [-0.4, -0.2) is 26.5 Å². The average molecular weight is 529 g/mol. The topological polar surface area (TPSA) is 84.5 Å². The van der Waals surface area contributed by atoms with Crippen molar-refractivity contribution >= 4 is 16.0 Å². The third kappa shape index (κ3) is 6.55. The molecule has 0 aromatic heterocycles. The number of rotatable bonds is 12. The van der Waals surface area contributed by atoms with E-state index in [1.54, 1.807) is 25.1 Å². The van der Waals surface area contributed by atoms with Crippen LogP contribution in [0, 0.1) is 0 Å². The predicted molar refractivity (Wildman–Crippen MR) is 149 cm³/mol. The molecule has 0 amide bonds. The Bertz CT molecular complexity index is 1400. The summed E-state index contributed by atoms with van der Waals surface area (Å²) in [6.45, 7) is 2.21. The van der Waals surface area contributed by atoms with E-state index in [9.17, 15) is 13.2 Å². The van der Waals surface area contributed by atoms with Crippen molar-refractivity contribution in [3.05, 3.63) is 138 Å². The summed E-state index contributed by atoms with van der Waals surface area (Å²) in [4.78, 5) is 14.1. The number of hydrogen-bond acceptors (Lipinski definition) is 5. The summed E-state index contributed by atoms with van der Waals surface area (Å²) in [5.74, 6) is -0.538. The summed E-state index contributed by atoms with van der Waals surface area (Å²) in [5.41, 5.74) is 0.973. The molecule has 0 spiro atoms. The zero-order valence-corrected chi connectivity index (χ0v) is 22.1. The van der Waals surface area contributed by atoms with Crippen LogP contribution >= 0.6 is 0 Å². The molecule has 2 N–H and O–H groups in total. The fraction of sp³-hybridized carbons (Fsp3) is 0.194. The Labute approximate surface area is 224 Å². The minimum Gasteiger partial charge on any atom is -0.465 e. The van der Waals surface area contributed by atoms with Gasteiger partial charge < -0.3 is 4.74 Å². The summed E-state index contributed by atoms with van der Waals surface area (Å²) in [5, 5.41) is 3.45. The van der Waals surface area contributed by atoms with Crippen LogP contribution in [0.2, 0.25) is 0 Å². The van der Waals surface area contributed by atoms with Crippen molar-refractivity contribution in [1.29, 1.82) is 0 Å². The number of hydrogen-bond donors (Lipinski definition) is 2. The van der Waals surface area contributed by atoms with Crippen LogP contribution in [0.25, 0.3) is 0 Å². The molecule has 0 aliphatic heterocycles. The largest absolute Gasteiger partial charge is 0.465 e. The van der Waals surface area contributed by atoms with Gasteiger partial charge in [-0.05, 0) is 35.7 Å². The molecule has 7 heteroatoms. The molecule has 0 aliphatic carbocycles. The zero-order valence-electron chi connectivity index (χ0n) is 21.3. The first-order valence-corrected chi connectivity index (χ1v) is 14.1. The second-order valence-corrected chi connectivity index (χ2v) is 10.7. The standard InChI is InChI=1S/C31H32N2O4S/c1-2-37-30(34)31(23-25-15-7-3-8-16-25,32-24-26-17-9-4-10-18-26)29(27-19-11-5-12-20-27)33-38(35,36)28-21-13-6-14-22-28/h3-22,29,32-33H,2,23-24H2,1H3. The quantitative estimate of drug-likeness (QED) is 0.252. The van der Waals surface area contributed by atoms with Crippen molar-refractivity contribution in [3.8, 4) is 0 Å². The average Bonchev–Trinajstić information content (AvgIpc) is 2.96. The third-order valence-electron chi connectivity index (χ3n) is 6.37. The zero-order chi connectivity index (χ0) is 26.8.